The second-order valence-electron chi connectivity index (χ2n) is 8.26. The number of nitrogens with zero attached hydrogens (tertiary/aromatic N) is 2. The van der Waals surface area contributed by atoms with E-state index in [1.165, 1.54) is 7.11 Å². The Labute approximate surface area is 191 Å². The molecule has 2 aromatic rings. The molecule has 9 heteroatoms. The third kappa shape index (κ3) is 6.69. The fourth-order valence-electron chi connectivity index (χ4n) is 3.82. The van der Waals surface area contributed by atoms with Gasteiger partial charge in [-0.15, -0.1) is 0 Å². The van der Waals surface area contributed by atoms with Gasteiger partial charge in [-0.3, -0.25) is 4.79 Å². The van der Waals surface area contributed by atoms with E-state index in [1.807, 2.05) is 13.8 Å². The molecule has 0 aliphatic heterocycles. The van der Waals surface area contributed by atoms with Crippen LogP contribution in [0.25, 0.3) is 0 Å². The standard InChI is InChI=1S/C24H29F3N4O2/c1-4-15(2)11-21(32)16-7-5-8-17(12-16)29-22-20(24(25,26)27)14-28-23(31-22)30-18-9-6-10-19(13-18)33-3/h6,9-11,13-14,16-17H,4-5,7-8,12H2,1-3H3,(H2,28,29,30,31)/b15-11+/t16-,17+/m0/s1. The number of carbonyl (C=O) groups is 1. The van der Waals surface area contributed by atoms with Crippen LogP contribution in [-0.4, -0.2) is 28.9 Å². The van der Waals surface area contributed by atoms with Gasteiger partial charge in [0.2, 0.25) is 5.95 Å². The van der Waals surface area contributed by atoms with Crippen LogP contribution in [0.2, 0.25) is 0 Å². The number of allylic oxidation sites excluding steroid dienone is 2. The molecule has 3 rings (SSSR count). The van der Waals surface area contributed by atoms with Crippen molar-refractivity contribution in [1.29, 1.82) is 0 Å². The molecule has 1 saturated carbocycles. The smallest absolute Gasteiger partial charge is 0.421 e. The largest absolute Gasteiger partial charge is 0.497 e. The van der Waals surface area contributed by atoms with E-state index in [-0.39, 0.29) is 29.5 Å². The van der Waals surface area contributed by atoms with Crippen molar-refractivity contribution in [3.05, 3.63) is 47.7 Å². The first-order valence-electron chi connectivity index (χ1n) is 11.0. The molecular formula is C24H29F3N4O2. The Morgan fingerprint density at radius 2 is 2.09 bits per heavy atom. The Kier molecular flexibility index (Phi) is 7.94. The molecule has 2 N–H and O–H groups in total. The normalized spacial score (nSPS) is 19.2. The monoisotopic (exact) mass is 462 g/mol. The molecule has 1 heterocycles. The lowest BCUT2D eigenvalue weighted by Crippen LogP contribution is -2.32. The van der Waals surface area contributed by atoms with Crippen LogP contribution in [0.4, 0.5) is 30.6 Å². The number of anilines is 3. The average Bonchev–Trinajstić information content (AvgIpc) is 2.78. The quantitative estimate of drug-likeness (QED) is 0.459. The van der Waals surface area contributed by atoms with Gasteiger partial charge in [0.1, 0.15) is 17.1 Å². The molecule has 0 saturated heterocycles. The van der Waals surface area contributed by atoms with Crippen LogP contribution in [0.1, 0.15) is 51.5 Å². The molecule has 1 aliphatic carbocycles. The first kappa shape index (κ1) is 24.5. The third-order valence-electron chi connectivity index (χ3n) is 5.78. The summed E-state index contributed by atoms with van der Waals surface area (Å²) in [5.74, 6) is 0.170. The number of aromatic nitrogens is 2. The zero-order valence-corrected chi connectivity index (χ0v) is 19.0. The lowest BCUT2D eigenvalue weighted by Gasteiger charge is -2.29. The van der Waals surface area contributed by atoms with E-state index in [0.717, 1.165) is 31.0 Å². The molecule has 1 aromatic carbocycles. The van der Waals surface area contributed by atoms with Crippen molar-refractivity contribution in [3.63, 3.8) is 0 Å². The second-order valence-corrected chi connectivity index (χ2v) is 8.26. The average molecular weight is 463 g/mol. The van der Waals surface area contributed by atoms with E-state index in [9.17, 15) is 18.0 Å². The number of hydrogen-bond acceptors (Lipinski definition) is 6. The predicted octanol–water partition coefficient (Wildman–Crippen LogP) is 6.14. The number of benzene rings is 1. The summed E-state index contributed by atoms with van der Waals surface area (Å²) in [5, 5.41) is 5.87. The summed E-state index contributed by atoms with van der Waals surface area (Å²) in [6.45, 7) is 3.89. The summed E-state index contributed by atoms with van der Waals surface area (Å²) in [6.07, 6.45) is 1.25. The summed E-state index contributed by atoms with van der Waals surface area (Å²) >= 11 is 0. The number of alkyl halides is 3. The summed E-state index contributed by atoms with van der Waals surface area (Å²) in [6, 6.07) is 6.64. The highest BCUT2D eigenvalue weighted by Gasteiger charge is 2.36. The predicted molar refractivity (Wildman–Crippen MR) is 122 cm³/mol. The Hall–Kier alpha value is -3.10. The Morgan fingerprint density at radius 1 is 1.30 bits per heavy atom. The third-order valence-corrected chi connectivity index (χ3v) is 5.78. The van der Waals surface area contributed by atoms with Crippen molar-refractivity contribution in [1.82, 2.24) is 9.97 Å². The van der Waals surface area contributed by atoms with Gasteiger partial charge in [-0.05, 0) is 50.8 Å². The van der Waals surface area contributed by atoms with Gasteiger partial charge in [-0.2, -0.15) is 18.2 Å². The fourth-order valence-corrected chi connectivity index (χ4v) is 3.82. The number of ketones is 1. The van der Waals surface area contributed by atoms with Crippen LogP contribution in [0.3, 0.4) is 0 Å². The molecule has 33 heavy (non-hydrogen) atoms. The van der Waals surface area contributed by atoms with Gasteiger partial charge < -0.3 is 15.4 Å². The van der Waals surface area contributed by atoms with E-state index in [1.54, 1.807) is 30.3 Å². The summed E-state index contributed by atoms with van der Waals surface area (Å²) < 4.78 is 46.1. The van der Waals surface area contributed by atoms with E-state index in [0.29, 0.717) is 24.3 Å². The van der Waals surface area contributed by atoms with Crippen molar-refractivity contribution in [3.8, 4) is 5.75 Å². The maximum Gasteiger partial charge on any atom is 0.421 e. The van der Waals surface area contributed by atoms with Gasteiger partial charge in [0, 0.05) is 29.9 Å². The highest BCUT2D eigenvalue weighted by Crippen LogP contribution is 2.36. The Bertz CT molecular complexity index is 1010. The van der Waals surface area contributed by atoms with Crippen molar-refractivity contribution in [2.45, 2.75) is 58.2 Å². The Morgan fingerprint density at radius 3 is 2.79 bits per heavy atom. The number of rotatable bonds is 8. The molecule has 2 atom stereocenters. The SMILES string of the molecule is CC/C(C)=C/C(=O)[C@H]1CCC[C@@H](Nc2nc(Nc3cccc(OC)c3)ncc2C(F)(F)F)C1. The molecule has 178 valence electrons. The van der Waals surface area contributed by atoms with Crippen molar-refractivity contribution in [2.24, 2.45) is 5.92 Å². The minimum atomic E-state index is -4.61. The van der Waals surface area contributed by atoms with Crippen molar-refractivity contribution < 1.29 is 22.7 Å². The van der Waals surface area contributed by atoms with Crippen molar-refractivity contribution >= 4 is 23.2 Å². The minimum absolute atomic E-state index is 0.0312. The molecule has 0 amide bonds. The molecule has 1 aromatic heterocycles. The lowest BCUT2D eigenvalue weighted by atomic mass is 9.82. The molecular weight excluding hydrogens is 433 g/mol. The van der Waals surface area contributed by atoms with E-state index >= 15 is 0 Å². The van der Waals surface area contributed by atoms with Crippen LogP contribution < -0.4 is 15.4 Å². The molecule has 1 fully saturated rings. The van der Waals surface area contributed by atoms with E-state index in [4.69, 9.17) is 4.74 Å². The van der Waals surface area contributed by atoms with Gasteiger partial charge >= 0.3 is 6.18 Å². The van der Waals surface area contributed by atoms with Gasteiger partial charge in [0.25, 0.3) is 0 Å². The number of hydrogen-bond donors (Lipinski definition) is 2. The van der Waals surface area contributed by atoms with Gasteiger partial charge in [0.05, 0.1) is 7.11 Å². The van der Waals surface area contributed by atoms with Crippen LogP contribution in [-0.2, 0) is 11.0 Å². The first-order chi connectivity index (χ1) is 15.7. The van der Waals surface area contributed by atoms with E-state index in [2.05, 4.69) is 20.6 Å². The van der Waals surface area contributed by atoms with Crippen LogP contribution >= 0.6 is 0 Å². The highest BCUT2D eigenvalue weighted by atomic mass is 19.4. The van der Waals surface area contributed by atoms with E-state index < -0.39 is 11.7 Å². The molecule has 1 aliphatic rings. The zero-order valence-electron chi connectivity index (χ0n) is 19.0. The number of ether oxygens (including phenoxy) is 1. The molecule has 0 bridgehead atoms. The summed E-state index contributed by atoms with van der Waals surface area (Å²) in [7, 11) is 1.53. The Balaban J connectivity index is 1.81. The summed E-state index contributed by atoms with van der Waals surface area (Å²) in [4.78, 5) is 20.5. The molecule has 0 spiro atoms. The van der Waals surface area contributed by atoms with Crippen LogP contribution in [0.5, 0.6) is 5.75 Å². The fraction of sp³-hybridized carbons (Fsp3) is 0.458. The zero-order chi connectivity index (χ0) is 24.0. The topological polar surface area (TPSA) is 76.1 Å². The van der Waals surface area contributed by atoms with Crippen molar-refractivity contribution in [2.75, 3.05) is 17.7 Å². The number of carbonyl (C=O) groups excluding carboxylic acids is 1. The van der Waals surface area contributed by atoms with Crippen LogP contribution in [0.15, 0.2) is 42.1 Å². The number of halogens is 3. The van der Waals surface area contributed by atoms with Gasteiger partial charge in [-0.1, -0.05) is 25.0 Å². The number of methoxy groups -OCH3 is 1. The highest BCUT2D eigenvalue weighted by molar-refractivity contribution is 5.92. The lowest BCUT2D eigenvalue weighted by molar-refractivity contribution is -0.137. The number of nitrogens with one attached hydrogen (secondary N) is 2. The molecule has 0 radical (unpaired) electrons. The summed E-state index contributed by atoms with van der Waals surface area (Å²) in [5.41, 5.74) is 0.647. The first-order valence-corrected chi connectivity index (χ1v) is 11.0. The van der Waals surface area contributed by atoms with Gasteiger partial charge in [0.15, 0.2) is 5.78 Å². The van der Waals surface area contributed by atoms with Gasteiger partial charge in [-0.25, -0.2) is 4.98 Å². The van der Waals surface area contributed by atoms with Crippen LogP contribution in [0, 0.1) is 5.92 Å². The molecule has 0 unspecified atom stereocenters. The maximum absolute atomic E-state index is 13.6. The molecule has 6 nitrogen and oxygen atoms in total. The minimum Gasteiger partial charge on any atom is -0.497 e. The maximum atomic E-state index is 13.6. The second kappa shape index (κ2) is 10.7.